The van der Waals surface area contributed by atoms with E-state index in [2.05, 4.69) is 5.32 Å². The molecule has 7 nitrogen and oxygen atoms in total. The molecule has 2 aliphatic rings. The van der Waals surface area contributed by atoms with E-state index in [1.807, 2.05) is 30.3 Å². The Labute approximate surface area is 239 Å². The number of rotatable bonds is 9. The van der Waals surface area contributed by atoms with Crippen molar-refractivity contribution in [3.63, 3.8) is 0 Å². The van der Waals surface area contributed by atoms with Gasteiger partial charge < -0.3 is 24.8 Å². The number of ether oxygens (including phenoxy) is 2. The van der Waals surface area contributed by atoms with Crippen molar-refractivity contribution < 1.29 is 37.3 Å². The second kappa shape index (κ2) is 12.4. The predicted molar refractivity (Wildman–Crippen MR) is 147 cm³/mol. The summed E-state index contributed by atoms with van der Waals surface area (Å²) in [7, 11) is 2.82. The van der Waals surface area contributed by atoms with Gasteiger partial charge in [-0.25, -0.2) is 4.79 Å². The number of benzene rings is 2. The Balaban J connectivity index is 1.80. The van der Waals surface area contributed by atoms with E-state index in [4.69, 9.17) is 9.47 Å². The Morgan fingerprint density at radius 1 is 1.02 bits per heavy atom. The van der Waals surface area contributed by atoms with Crippen LogP contribution in [0.15, 0.2) is 48.5 Å². The van der Waals surface area contributed by atoms with Crippen molar-refractivity contribution in [2.75, 3.05) is 14.2 Å². The van der Waals surface area contributed by atoms with E-state index in [1.54, 1.807) is 18.7 Å². The number of amides is 1. The standard InChI is InChI=1S/C31H39F3N2O5/c1-30(2,41-4)24-25(35-18-21-15-16-22(31(32,33)34)17-23(21)40-3)26(19-11-7-5-8-12-19)36(27(24)29(38)39)28(37)20-13-9-6-10-14-20/h5,7-8,11-12,15-17,20,24-27,35H,6,9-10,13-14,18H2,1-4H3,(H,38,39)/t24-,25-,26-,27-/m1/s1. The van der Waals surface area contributed by atoms with E-state index < -0.39 is 47.4 Å². The molecule has 1 saturated heterocycles. The number of hydrogen-bond donors (Lipinski definition) is 2. The summed E-state index contributed by atoms with van der Waals surface area (Å²) in [5.41, 5.74) is -0.548. The van der Waals surface area contributed by atoms with Gasteiger partial charge in [0.2, 0.25) is 5.91 Å². The lowest BCUT2D eigenvalue weighted by Gasteiger charge is -2.37. The molecule has 2 aromatic carbocycles. The summed E-state index contributed by atoms with van der Waals surface area (Å²) in [5.74, 6) is -2.20. The Bertz CT molecular complexity index is 1210. The molecule has 0 radical (unpaired) electrons. The van der Waals surface area contributed by atoms with Crippen LogP contribution in [0.1, 0.15) is 68.7 Å². The van der Waals surface area contributed by atoms with Crippen LogP contribution in [-0.2, 0) is 27.0 Å². The van der Waals surface area contributed by atoms with Gasteiger partial charge in [0.1, 0.15) is 11.8 Å². The van der Waals surface area contributed by atoms with Crippen molar-refractivity contribution >= 4 is 11.9 Å². The molecule has 1 saturated carbocycles. The second-order valence-electron chi connectivity index (χ2n) is 11.5. The van der Waals surface area contributed by atoms with E-state index in [9.17, 15) is 27.9 Å². The Morgan fingerprint density at radius 3 is 2.24 bits per heavy atom. The zero-order valence-electron chi connectivity index (χ0n) is 23.9. The highest BCUT2D eigenvalue weighted by Gasteiger charge is 2.59. The van der Waals surface area contributed by atoms with Gasteiger partial charge in [-0.2, -0.15) is 13.2 Å². The Kier molecular flexibility index (Phi) is 9.33. The van der Waals surface area contributed by atoms with Crippen LogP contribution in [0.4, 0.5) is 13.2 Å². The number of halogens is 3. The van der Waals surface area contributed by atoms with Crippen LogP contribution in [-0.4, -0.2) is 53.8 Å². The lowest BCUT2D eigenvalue weighted by atomic mass is 9.79. The molecule has 0 aromatic heterocycles. The third-order valence-electron chi connectivity index (χ3n) is 8.74. The summed E-state index contributed by atoms with van der Waals surface area (Å²) in [6, 6.07) is 10.2. The average molecular weight is 577 g/mol. The molecule has 0 bridgehead atoms. The number of hydrogen-bond acceptors (Lipinski definition) is 5. The number of carbonyl (C=O) groups excluding carboxylic acids is 1. The fourth-order valence-corrected chi connectivity index (χ4v) is 6.52. The summed E-state index contributed by atoms with van der Waals surface area (Å²) in [6.45, 7) is 3.69. The zero-order chi connectivity index (χ0) is 29.9. The van der Waals surface area contributed by atoms with Gasteiger partial charge in [-0.05, 0) is 44.4 Å². The van der Waals surface area contributed by atoms with Gasteiger partial charge in [0, 0.05) is 37.1 Å². The number of nitrogens with zero attached hydrogens (tertiary/aromatic N) is 1. The SMILES string of the molecule is COc1cc(C(F)(F)F)ccc1CN[C@@H]1[C@@H](C(C)(C)OC)[C@H](C(=O)O)N(C(=O)C2CCCCC2)[C@@H]1c1ccccc1. The fraction of sp³-hybridized carbons (Fsp3) is 0.548. The number of alkyl halides is 3. The maximum absolute atomic E-state index is 14.2. The second-order valence-corrected chi connectivity index (χ2v) is 11.5. The van der Waals surface area contributed by atoms with Crippen molar-refractivity contribution in [3.8, 4) is 5.75 Å². The monoisotopic (exact) mass is 576 g/mol. The molecule has 4 rings (SSSR count). The van der Waals surface area contributed by atoms with Crippen LogP contribution in [0, 0.1) is 11.8 Å². The molecule has 224 valence electrons. The molecular weight excluding hydrogens is 537 g/mol. The summed E-state index contributed by atoms with van der Waals surface area (Å²) in [6.07, 6.45) is -0.219. The van der Waals surface area contributed by atoms with Gasteiger partial charge in [0.15, 0.2) is 0 Å². The largest absolute Gasteiger partial charge is 0.496 e. The number of nitrogens with one attached hydrogen (secondary N) is 1. The van der Waals surface area contributed by atoms with Gasteiger partial charge in [-0.1, -0.05) is 55.7 Å². The van der Waals surface area contributed by atoms with E-state index in [0.29, 0.717) is 18.4 Å². The molecular formula is C31H39F3N2O5. The van der Waals surface area contributed by atoms with Crippen LogP contribution in [0.25, 0.3) is 0 Å². The molecule has 1 heterocycles. The van der Waals surface area contributed by atoms with Gasteiger partial charge in [-0.3, -0.25) is 4.79 Å². The average Bonchev–Trinajstić information content (AvgIpc) is 3.32. The molecule has 2 fully saturated rings. The summed E-state index contributed by atoms with van der Waals surface area (Å²) < 4.78 is 51.2. The molecule has 0 spiro atoms. The summed E-state index contributed by atoms with van der Waals surface area (Å²) >= 11 is 0. The molecule has 2 aromatic rings. The van der Waals surface area contributed by atoms with Crippen molar-refractivity contribution in [1.29, 1.82) is 0 Å². The predicted octanol–water partition coefficient (Wildman–Crippen LogP) is 5.83. The maximum Gasteiger partial charge on any atom is 0.416 e. The molecule has 4 atom stereocenters. The van der Waals surface area contributed by atoms with Crippen molar-refractivity contribution in [1.82, 2.24) is 10.2 Å². The summed E-state index contributed by atoms with van der Waals surface area (Å²) in [5, 5.41) is 14.1. The molecule has 41 heavy (non-hydrogen) atoms. The topological polar surface area (TPSA) is 88.1 Å². The number of aliphatic carboxylic acids is 1. The number of carboxylic acids is 1. The van der Waals surface area contributed by atoms with Crippen LogP contribution in [0.5, 0.6) is 5.75 Å². The number of carboxylic acid groups (broad SMARTS) is 1. The highest BCUT2D eigenvalue weighted by Crippen LogP contribution is 2.48. The normalized spacial score (nSPS) is 23.9. The summed E-state index contributed by atoms with van der Waals surface area (Å²) in [4.78, 5) is 28.7. The van der Waals surface area contributed by atoms with Crippen LogP contribution in [0.2, 0.25) is 0 Å². The molecule has 1 amide bonds. The van der Waals surface area contributed by atoms with Gasteiger partial charge in [0.25, 0.3) is 0 Å². The van der Waals surface area contributed by atoms with Gasteiger partial charge in [0.05, 0.1) is 24.3 Å². The van der Waals surface area contributed by atoms with Crippen LogP contribution >= 0.6 is 0 Å². The first-order valence-electron chi connectivity index (χ1n) is 14.0. The van der Waals surface area contributed by atoms with Gasteiger partial charge in [-0.15, -0.1) is 0 Å². The Morgan fingerprint density at radius 2 is 1.68 bits per heavy atom. The zero-order valence-corrected chi connectivity index (χ0v) is 23.9. The first kappa shape index (κ1) is 30.8. The third kappa shape index (κ3) is 6.38. The maximum atomic E-state index is 14.2. The quantitative estimate of drug-likeness (QED) is 0.391. The first-order chi connectivity index (χ1) is 19.4. The van der Waals surface area contributed by atoms with Crippen molar-refractivity contribution in [2.24, 2.45) is 11.8 Å². The highest BCUT2D eigenvalue weighted by atomic mass is 19.4. The number of likely N-dealkylation sites (tertiary alicyclic amines) is 1. The molecule has 1 aliphatic heterocycles. The van der Waals surface area contributed by atoms with E-state index >= 15 is 0 Å². The number of carbonyl (C=O) groups is 2. The minimum absolute atomic E-state index is 0.0639. The minimum atomic E-state index is -4.52. The molecule has 2 N–H and O–H groups in total. The highest BCUT2D eigenvalue weighted by molar-refractivity contribution is 5.87. The van der Waals surface area contributed by atoms with E-state index in [1.165, 1.54) is 20.3 Å². The van der Waals surface area contributed by atoms with Crippen molar-refractivity contribution in [2.45, 2.75) is 82.4 Å². The first-order valence-corrected chi connectivity index (χ1v) is 14.0. The third-order valence-corrected chi connectivity index (χ3v) is 8.74. The van der Waals surface area contributed by atoms with Gasteiger partial charge >= 0.3 is 12.1 Å². The lowest BCUT2D eigenvalue weighted by molar-refractivity contribution is -0.156. The number of methoxy groups -OCH3 is 2. The molecule has 1 aliphatic carbocycles. The van der Waals surface area contributed by atoms with E-state index in [0.717, 1.165) is 37.0 Å². The van der Waals surface area contributed by atoms with Crippen molar-refractivity contribution in [3.05, 3.63) is 65.2 Å². The molecule has 0 unspecified atom stereocenters. The lowest BCUT2D eigenvalue weighted by Crippen LogP contribution is -2.53. The van der Waals surface area contributed by atoms with Crippen LogP contribution in [0.3, 0.4) is 0 Å². The Hall–Kier alpha value is -3.11. The van der Waals surface area contributed by atoms with E-state index in [-0.39, 0.29) is 24.1 Å². The smallest absolute Gasteiger partial charge is 0.416 e. The van der Waals surface area contributed by atoms with Crippen LogP contribution < -0.4 is 10.1 Å². The fourth-order valence-electron chi connectivity index (χ4n) is 6.52. The molecule has 10 heteroatoms. The minimum Gasteiger partial charge on any atom is -0.496 e.